The van der Waals surface area contributed by atoms with Gasteiger partial charge in [0, 0.05) is 24.6 Å². The van der Waals surface area contributed by atoms with Gasteiger partial charge in [0.05, 0.1) is 5.69 Å². The number of Topliss-reactive ketones (excluding diaryl/α,β-unsaturated/α-hetero) is 1. The Hall–Kier alpha value is -1.12. The third-order valence-corrected chi connectivity index (χ3v) is 4.46. The minimum atomic E-state index is 0.291. The van der Waals surface area contributed by atoms with Crippen LogP contribution < -0.4 is 0 Å². The first-order valence-corrected chi connectivity index (χ1v) is 7.70. The van der Waals surface area contributed by atoms with Crippen LogP contribution in [0.5, 0.6) is 0 Å². The maximum atomic E-state index is 12.5. The molecule has 1 aliphatic carbocycles. The molecule has 0 spiro atoms. The first-order valence-electron chi connectivity index (χ1n) is 7.70. The van der Waals surface area contributed by atoms with Crippen molar-refractivity contribution in [2.75, 3.05) is 0 Å². The molecule has 0 radical (unpaired) electrons. The van der Waals surface area contributed by atoms with Crippen LogP contribution in [-0.2, 0) is 17.8 Å². The third-order valence-electron chi connectivity index (χ3n) is 4.46. The molecule has 19 heavy (non-hydrogen) atoms. The summed E-state index contributed by atoms with van der Waals surface area (Å²) in [6, 6.07) is 2.06. The predicted molar refractivity (Wildman–Crippen MR) is 77.1 cm³/mol. The zero-order valence-electron chi connectivity index (χ0n) is 12.5. The minimum Gasteiger partial charge on any atom is -0.299 e. The fourth-order valence-corrected chi connectivity index (χ4v) is 3.29. The van der Waals surface area contributed by atoms with Crippen molar-refractivity contribution >= 4 is 5.78 Å². The van der Waals surface area contributed by atoms with Gasteiger partial charge in [-0.05, 0) is 38.7 Å². The second-order valence-corrected chi connectivity index (χ2v) is 5.87. The van der Waals surface area contributed by atoms with Gasteiger partial charge in [0.1, 0.15) is 5.78 Å². The van der Waals surface area contributed by atoms with E-state index >= 15 is 0 Å². The standard InChI is InChI=1S/C16H26N2O/c1-4-13-7-6-8-14(10-13)16(19)11-15-9-12(3)17-18(15)5-2/h9,13-14H,4-8,10-11H2,1-3H3. The molecule has 0 aromatic carbocycles. The monoisotopic (exact) mass is 262 g/mol. The Morgan fingerprint density at radius 1 is 1.42 bits per heavy atom. The third kappa shape index (κ3) is 3.46. The molecule has 1 fully saturated rings. The summed E-state index contributed by atoms with van der Waals surface area (Å²) in [5.41, 5.74) is 2.10. The first kappa shape index (κ1) is 14.3. The van der Waals surface area contributed by atoms with E-state index in [0.29, 0.717) is 18.1 Å². The molecule has 1 heterocycles. The van der Waals surface area contributed by atoms with Crippen molar-refractivity contribution in [3.63, 3.8) is 0 Å². The SMILES string of the molecule is CCC1CCCC(C(=O)Cc2cc(C)nn2CC)C1. The number of nitrogens with zero attached hydrogens (tertiary/aromatic N) is 2. The number of hydrogen-bond donors (Lipinski definition) is 0. The molecule has 0 bridgehead atoms. The number of aryl methyl sites for hydroxylation is 2. The Morgan fingerprint density at radius 3 is 2.89 bits per heavy atom. The number of rotatable bonds is 5. The van der Waals surface area contributed by atoms with Crippen molar-refractivity contribution in [1.82, 2.24) is 9.78 Å². The second-order valence-electron chi connectivity index (χ2n) is 5.87. The highest BCUT2D eigenvalue weighted by Gasteiger charge is 2.26. The highest BCUT2D eigenvalue weighted by atomic mass is 16.1. The van der Waals surface area contributed by atoms with E-state index in [9.17, 15) is 4.79 Å². The summed E-state index contributed by atoms with van der Waals surface area (Å²) < 4.78 is 1.97. The molecular weight excluding hydrogens is 236 g/mol. The van der Waals surface area contributed by atoms with Crippen LogP contribution in [0, 0.1) is 18.8 Å². The number of carbonyl (C=O) groups excluding carboxylic acids is 1. The zero-order chi connectivity index (χ0) is 13.8. The average Bonchev–Trinajstić information content (AvgIpc) is 2.78. The van der Waals surface area contributed by atoms with E-state index in [0.717, 1.165) is 36.7 Å². The molecule has 1 aromatic rings. The average molecular weight is 262 g/mol. The Bertz CT molecular complexity index is 436. The van der Waals surface area contributed by atoms with E-state index in [1.165, 1.54) is 19.3 Å². The minimum absolute atomic E-state index is 0.291. The van der Waals surface area contributed by atoms with Gasteiger partial charge >= 0.3 is 0 Å². The summed E-state index contributed by atoms with van der Waals surface area (Å²) in [5, 5.41) is 4.42. The van der Waals surface area contributed by atoms with Gasteiger partial charge in [-0.2, -0.15) is 5.10 Å². The van der Waals surface area contributed by atoms with E-state index in [-0.39, 0.29) is 0 Å². The first-order chi connectivity index (χ1) is 9.13. The Kier molecular flexibility index (Phi) is 4.78. The van der Waals surface area contributed by atoms with Gasteiger partial charge in [0.2, 0.25) is 0 Å². The van der Waals surface area contributed by atoms with Crippen LogP contribution in [0.3, 0.4) is 0 Å². The maximum absolute atomic E-state index is 12.5. The Morgan fingerprint density at radius 2 is 2.21 bits per heavy atom. The Balaban J connectivity index is 2.00. The summed E-state index contributed by atoms with van der Waals surface area (Å²) in [4.78, 5) is 12.5. The molecule has 2 unspecified atom stereocenters. The summed E-state index contributed by atoms with van der Waals surface area (Å²) in [6.07, 6.45) is 6.52. The van der Waals surface area contributed by atoms with E-state index < -0.39 is 0 Å². The van der Waals surface area contributed by atoms with Crippen molar-refractivity contribution in [2.24, 2.45) is 11.8 Å². The highest BCUT2D eigenvalue weighted by molar-refractivity contribution is 5.83. The van der Waals surface area contributed by atoms with Gasteiger partial charge in [-0.25, -0.2) is 0 Å². The number of aromatic nitrogens is 2. The van der Waals surface area contributed by atoms with Crippen LogP contribution in [0.4, 0.5) is 0 Å². The molecule has 1 aliphatic rings. The highest BCUT2D eigenvalue weighted by Crippen LogP contribution is 2.32. The van der Waals surface area contributed by atoms with Crippen LogP contribution in [-0.4, -0.2) is 15.6 Å². The fourth-order valence-electron chi connectivity index (χ4n) is 3.29. The van der Waals surface area contributed by atoms with Crippen molar-refractivity contribution in [3.8, 4) is 0 Å². The van der Waals surface area contributed by atoms with E-state index in [1.807, 2.05) is 11.6 Å². The molecule has 1 saturated carbocycles. The lowest BCUT2D eigenvalue weighted by molar-refractivity contribution is -0.123. The summed E-state index contributed by atoms with van der Waals surface area (Å²) in [5.74, 6) is 1.48. The molecule has 2 atom stereocenters. The Labute approximate surface area is 116 Å². The molecule has 3 heteroatoms. The second kappa shape index (κ2) is 6.36. The number of hydrogen-bond acceptors (Lipinski definition) is 2. The van der Waals surface area contributed by atoms with E-state index in [1.54, 1.807) is 0 Å². The molecule has 106 valence electrons. The molecule has 3 nitrogen and oxygen atoms in total. The normalized spacial score (nSPS) is 23.5. The summed E-state index contributed by atoms with van der Waals surface area (Å²) in [7, 11) is 0. The number of carbonyl (C=O) groups is 1. The van der Waals surface area contributed by atoms with Gasteiger partial charge in [-0.15, -0.1) is 0 Å². The van der Waals surface area contributed by atoms with E-state index in [4.69, 9.17) is 0 Å². The largest absolute Gasteiger partial charge is 0.299 e. The van der Waals surface area contributed by atoms with Gasteiger partial charge in [0.15, 0.2) is 0 Å². The van der Waals surface area contributed by atoms with Crippen LogP contribution in [0.15, 0.2) is 6.07 Å². The molecule has 2 rings (SSSR count). The van der Waals surface area contributed by atoms with Gasteiger partial charge in [-0.3, -0.25) is 9.48 Å². The fraction of sp³-hybridized carbons (Fsp3) is 0.750. The lowest BCUT2D eigenvalue weighted by Gasteiger charge is -2.27. The van der Waals surface area contributed by atoms with Crippen molar-refractivity contribution in [2.45, 2.75) is 65.8 Å². The number of ketones is 1. The van der Waals surface area contributed by atoms with Gasteiger partial charge in [0.25, 0.3) is 0 Å². The smallest absolute Gasteiger partial charge is 0.141 e. The molecule has 1 aromatic heterocycles. The summed E-state index contributed by atoms with van der Waals surface area (Å²) in [6.45, 7) is 7.16. The van der Waals surface area contributed by atoms with Crippen LogP contribution in [0.25, 0.3) is 0 Å². The molecule has 0 amide bonds. The maximum Gasteiger partial charge on any atom is 0.141 e. The molecule has 0 saturated heterocycles. The lowest BCUT2D eigenvalue weighted by atomic mass is 9.77. The zero-order valence-corrected chi connectivity index (χ0v) is 12.5. The molecule has 0 N–H and O–H groups in total. The summed E-state index contributed by atoms with van der Waals surface area (Å²) >= 11 is 0. The topological polar surface area (TPSA) is 34.9 Å². The quantitative estimate of drug-likeness (QED) is 0.813. The van der Waals surface area contributed by atoms with Crippen molar-refractivity contribution in [1.29, 1.82) is 0 Å². The molecular formula is C16H26N2O. The van der Waals surface area contributed by atoms with Crippen molar-refractivity contribution in [3.05, 3.63) is 17.5 Å². The van der Waals surface area contributed by atoms with Crippen LogP contribution in [0.1, 0.15) is 57.3 Å². The predicted octanol–water partition coefficient (Wildman–Crippen LogP) is 3.54. The van der Waals surface area contributed by atoms with Gasteiger partial charge < -0.3 is 0 Å². The lowest BCUT2D eigenvalue weighted by Crippen LogP contribution is -2.24. The molecule has 0 aliphatic heterocycles. The van der Waals surface area contributed by atoms with Crippen LogP contribution >= 0.6 is 0 Å². The van der Waals surface area contributed by atoms with Crippen molar-refractivity contribution < 1.29 is 4.79 Å². The van der Waals surface area contributed by atoms with Gasteiger partial charge in [-0.1, -0.05) is 26.2 Å². The van der Waals surface area contributed by atoms with Crippen LogP contribution in [0.2, 0.25) is 0 Å². The van der Waals surface area contributed by atoms with E-state index in [2.05, 4.69) is 25.0 Å².